The van der Waals surface area contributed by atoms with E-state index in [-0.39, 0.29) is 0 Å². The topological polar surface area (TPSA) is 37.3 Å². The quantitative estimate of drug-likeness (QED) is 0.487. The van der Waals surface area contributed by atoms with Crippen LogP contribution in [0.4, 0.5) is 4.39 Å². The minimum Gasteiger partial charge on any atom is -0.190 e. The first-order chi connectivity index (χ1) is 2.27. The molecule has 0 aliphatic carbocycles. The van der Waals surface area contributed by atoms with Crippen LogP contribution in [-0.2, 0) is 4.57 Å². The zero-order valence-electron chi connectivity index (χ0n) is 2.39. The zero-order valence-corrected chi connectivity index (χ0v) is 3.28. The average molecular weight is 97.0 g/mol. The van der Waals surface area contributed by atoms with Gasteiger partial charge in [0.05, 0.1) is 0 Å². The smallest absolute Gasteiger partial charge is 0.190 e. The first-order valence-electron chi connectivity index (χ1n) is 0.966. The van der Waals surface area contributed by atoms with E-state index in [2.05, 4.69) is 0 Å². The van der Waals surface area contributed by atoms with Crippen molar-refractivity contribution in [3.05, 3.63) is 0 Å². The SMILES string of the molecule is O=[P+](O)CF. The van der Waals surface area contributed by atoms with E-state index in [0.29, 0.717) is 0 Å². The van der Waals surface area contributed by atoms with Crippen LogP contribution in [0.2, 0.25) is 0 Å². The summed E-state index contributed by atoms with van der Waals surface area (Å²) in [5, 5.41) is 0. The minimum atomic E-state index is -2.51. The normalized spacial score (nSPS) is 11.2. The summed E-state index contributed by atoms with van der Waals surface area (Å²) in [6.45, 7) is 0. The molecule has 1 unspecified atom stereocenters. The zero-order chi connectivity index (χ0) is 4.28. The molecule has 5 heavy (non-hydrogen) atoms. The van der Waals surface area contributed by atoms with Crippen molar-refractivity contribution in [1.29, 1.82) is 0 Å². The van der Waals surface area contributed by atoms with E-state index in [0.717, 1.165) is 0 Å². The maximum Gasteiger partial charge on any atom is 0.539 e. The van der Waals surface area contributed by atoms with Crippen LogP contribution in [-0.4, -0.2) is 11.3 Å². The molecule has 0 saturated heterocycles. The molecule has 0 aromatic heterocycles. The van der Waals surface area contributed by atoms with E-state index in [4.69, 9.17) is 9.46 Å². The van der Waals surface area contributed by atoms with Crippen molar-refractivity contribution in [2.24, 2.45) is 0 Å². The second-order valence-corrected chi connectivity index (χ2v) is 1.42. The maximum atomic E-state index is 10.6. The minimum absolute atomic E-state index is 1.13. The fraction of sp³-hybridized carbons (Fsp3) is 1.00. The van der Waals surface area contributed by atoms with Crippen LogP contribution in [0.15, 0.2) is 0 Å². The third kappa shape index (κ3) is 3.99. The molecule has 4 heteroatoms. The first-order valence-corrected chi connectivity index (χ1v) is 2.36. The summed E-state index contributed by atoms with van der Waals surface area (Å²) in [5.74, 6) is 0. The second kappa shape index (κ2) is 2.24. The third-order valence-electron chi connectivity index (χ3n) is 0.102. The fourth-order valence-corrected chi connectivity index (χ4v) is 0. The van der Waals surface area contributed by atoms with Crippen molar-refractivity contribution in [2.75, 3.05) is 6.42 Å². The van der Waals surface area contributed by atoms with E-state index in [9.17, 15) is 4.39 Å². The van der Waals surface area contributed by atoms with Gasteiger partial charge in [0.1, 0.15) is 0 Å². The van der Waals surface area contributed by atoms with Crippen molar-refractivity contribution in [2.45, 2.75) is 0 Å². The van der Waals surface area contributed by atoms with Crippen molar-refractivity contribution < 1.29 is 13.8 Å². The summed E-state index contributed by atoms with van der Waals surface area (Å²) in [6, 6.07) is 0. The van der Waals surface area contributed by atoms with Gasteiger partial charge in [-0.2, -0.15) is 9.28 Å². The lowest BCUT2D eigenvalue weighted by Crippen LogP contribution is -1.53. The van der Waals surface area contributed by atoms with Crippen LogP contribution in [0.5, 0.6) is 0 Å². The van der Waals surface area contributed by atoms with Crippen molar-refractivity contribution in [1.82, 2.24) is 0 Å². The Bertz CT molecular complexity index is 44.9. The molecule has 0 rings (SSSR count). The fourth-order valence-electron chi connectivity index (χ4n) is 0. The van der Waals surface area contributed by atoms with E-state index in [1.807, 2.05) is 0 Å². The molecule has 0 fully saturated rings. The Balaban J connectivity index is 2.85. The van der Waals surface area contributed by atoms with Crippen LogP contribution in [0, 0.1) is 0 Å². The lowest BCUT2D eigenvalue weighted by atomic mass is 11.8. The molecular weight excluding hydrogens is 94.0 g/mol. The van der Waals surface area contributed by atoms with E-state index in [1.165, 1.54) is 0 Å². The lowest BCUT2D eigenvalue weighted by molar-refractivity contribution is 0.467. The molecule has 0 aromatic rings. The summed E-state index contributed by atoms with van der Waals surface area (Å²) >= 11 is 0. The summed E-state index contributed by atoms with van der Waals surface area (Å²) in [6.07, 6.45) is -1.13. The first kappa shape index (κ1) is 4.99. The Morgan fingerprint density at radius 3 is 2.20 bits per heavy atom. The summed E-state index contributed by atoms with van der Waals surface area (Å²) in [4.78, 5) is 7.50. The van der Waals surface area contributed by atoms with Crippen molar-refractivity contribution in [3.8, 4) is 0 Å². The molecule has 0 aliphatic heterocycles. The van der Waals surface area contributed by atoms with Crippen molar-refractivity contribution in [3.63, 3.8) is 0 Å². The van der Waals surface area contributed by atoms with Gasteiger partial charge >= 0.3 is 14.4 Å². The van der Waals surface area contributed by atoms with Gasteiger partial charge in [0.15, 0.2) is 0 Å². The Kier molecular flexibility index (Phi) is 2.24. The highest BCUT2D eigenvalue weighted by atomic mass is 31.1. The molecule has 1 atom stereocenters. The van der Waals surface area contributed by atoms with Gasteiger partial charge in [-0.25, -0.2) is 0 Å². The second-order valence-electron chi connectivity index (χ2n) is 0.472. The van der Waals surface area contributed by atoms with Crippen LogP contribution in [0.1, 0.15) is 0 Å². The van der Waals surface area contributed by atoms with Gasteiger partial charge in [-0.05, 0) is 4.57 Å². The molecule has 30 valence electrons. The molecule has 0 heterocycles. The number of hydrogen-bond acceptors (Lipinski definition) is 1. The lowest BCUT2D eigenvalue weighted by Gasteiger charge is -1.50. The molecule has 0 aromatic carbocycles. The molecule has 1 N–H and O–H groups in total. The van der Waals surface area contributed by atoms with Gasteiger partial charge in [-0.15, -0.1) is 0 Å². The Morgan fingerprint density at radius 1 is 2.00 bits per heavy atom. The van der Waals surface area contributed by atoms with Gasteiger partial charge in [0.2, 0.25) is 0 Å². The highest BCUT2D eigenvalue weighted by Crippen LogP contribution is 2.10. The highest BCUT2D eigenvalue weighted by Gasteiger charge is 2.03. The van der Waals surface area contributed by atoms with Gasteiger partial charge in [-0.3, -0.25) is 0 Å². The predicted octanol–water partition coefficient (Wildman–Crippen LogP) is 0.648. The van der Waals surface area contributed by atoms with E-state index < -0.39 is 14.4 Å². The van der Waals surface area contributed by atoms with Crippen LogP contribution in [0.3, 0.4) is 0 Å². The number of hydrogen-bond donors (Lipinski definition) is 1. The highest BCUT2D eigenvalue weighted by molar-refractivity contribution is 7.37. The summed E-state index contributed by atoms with van der Waals surface area (Å²) < 4.78 is 19.7. The van der Waals surface area contributed by atoms with Crippen LogP contribution in [0.25, 0.3) is 0 Å². The monoisotopic (exact) mass is 97.0 g/mol. The number of halogens is 1. The molecule has 0 saturated carbocycles. The van der Waals surface area contributed by atoms with E-state index >= 15 is 0 Å². The molecule has 0 amide bonds. The molecule has 2 nitrogen and oxygen atoms in total. The average Bonchev–Trinajstić information content (AvgIpc) is 1.38. The Hall–Kier alpha value is -0.0100. The van der Waals surface area contributed by atoms with Gasteiger partial charge < -0.3 is 0 Å². The Labute approximate surface area is 29.5 Å². The van der Waals surface area contributed by atoms with Crippen LogP contribution < -0.4 is 0 Å². The Morgan fingerprint density at radius 2 is 2.20 bits per heavy atom. The van der Waals surface area contributed by atoms with Crippen LogP contribution >= 0.6 is 8.03 Å². The van der Waals surface area contributed by atoms with E-state index in [1.54, 1.807) is 0 Å². The molecule has 0 spiro atoms. The molecule has 0 radical (unpaired) electrons. The molecule has 0 bridgehead atoms. The third-order valence-corrected chi connectivity index (χ3v) is 0.307. The van der Waals surface area contributed by atoms with Gasteiger partial charge in [0.25, 0.3) is 0 Å². The van der Waals surface area contributed by atoms with Crippen molar-refractivity contribution >= 4 is 8.03 Å². The molecular formula is CH3FO2P+. The van der Waals surface area contributed by atoms with Gasteiger partial charge in [-0.1, -0.05) is 0 Å². The number of rotatable bonds is 1. The predicted molar refractivity (Wildman–Crippen MR) is 15.8 cm³/mol. The standard InChI is InChI=1S/CH2FO2P/c2-1-5(3)4/h1H2/p+1. The maximum absolute atomic E-state index is 10.6. The summed E-state index contributed by atoms with van der Waals surface area (Å²) in [7, 11) is -2.51. The summed E-state index contributed by atoms with van der Waals surface area (Å²) in [5.41, 5.74) is 0. The number of alkyl halides is 1. The molecule has 0 aliphatic rings. The largest absolute Gasteiger partial charge is 0.539 e. The van der Waals surface area contributed by atoms with Gasteiger partial charge in [0, 0.05) is 0 Å².